The number of rotatable bonds is 5. The van der Waals surface area contributed by atoms with Crippen LogP contribution in [0.4, 0.5) is 5.13 Å². The molecule has 0 aliphatic carbocycles. The van der Waals surface area contributed by atoms with Crippen LogP contribution in [0.25, 0.3) is 0 Å². The summed E-state index contributed by atoms with van der Waals surface area (Å²) in [5.41, 5.74) is 2.43. The van der Waals surface area contributed by atoms with Gasteiger partial charge >= 0.3 is 5.97 Å². The first kappa shape index (κ1) is 14.4. The molecule has 0 aliphatic rings. The maximum absolute atomic E-state index is 11.5. The van der Waals surface area contributed by atoms with E-state index in [1.54, 1.807) is 11.7 Å². The van der Waals surface area contributed by atoms with Crippen LogP contribution in [0.5, 0.6) is 0 Å². The number of aromatic nitrogens is 4. The van der Waals surface area contributed by atoms with E-state index in [2.05, 4.69) is 20.5 Å². The number of ether oxygens (including phenoxy) is 1. The van der Waals surface area contributed by atoms with Crippen LogP contribution in [0.3, 0.4) is 0 Å². The van der Waals surface area contributed by atoms with Crippen molar-refractivity contribution in [2.45, 2.75) is 33.9 Å². The third kappa shape index (κ3) is 2.96. The molecule has 0 aromatic carbocycles. The van der Waals surface area contributed by atoms with Crippen LogP contribution in [-0.2, 0) is 17.8 Å². The van der Waals surface area contributed by atoms with Crippen LogP contribution >= 0.6 is 11.3 Å². The summed E-state index contributed by atoms with van der Waals surface area (Å²) in [6.07, 6.45) is 0. The topological polar surface area (TPSA) is 81.9 Å². The summed E-state index contributed by atoms with van der Waals surface area (Å²) < 4.78 is 4.71. The Balaban J connectivity index is 2.07. The van der Waals surface area contributed by atoms with Crippen molar-refractivity contribution in [1.29, 1.82) is 0 Å². The highest BCUT2D eigenvalue weighted by Crippen LogP contribution is 2.23. The lowest BCUT2D eigenvalue weighted by Gasteiger charge is -1.99. The fourth-order valence-corrected chi connectivity index (χ4v) is 2.56. The number of nitrogens with one attached hydrogen (secondary N) is 1. The number of hydrogen-bond donors (Lipinski definition) is 1. The van der Waals surface area contributed by atoms with Crippen LogP contribution in [0.2, 0.25) is 0 Å². The maximum Gasteiger partial charge on any atom is 0.350 e. The largest absolute Gasteiger partial charge is 0.465 e. The molecule has 0 radical (unpaired) electrons. The molecule has 2 rings (SSSR count). The van der Waals surface area contributed by atoms with Crippen LogP contribution in [-0.4, -0.2) is 33.1 Å². The van der Waals surface area contributed by atoms with Crippen molar-refractivity contribution in [3.8, 4) is 0 Å². The van der Waals surface area contributed by atoms with E-state index < -0.39 is 0 Å². The van der Waals surface area contributed by atoms with Crippen LogP contribution in [0.1, 0.15) is 33.7 Å². The third-order valence-electron chi connectivity index (χ3n) is 2.78. The lowest BCUT2D eigenvalue weighted by molar-refractivity contribution is 0.0605. The zero-order valence-corrected chi connectivity index (χ0v) is 12.7. The van der Waals surface area contributed by atoms with Gasteiger partial charge in [0.1, 0.15) is 10.6 Å². The SMILES string of the molecule is CCn1nc(C)c(CNc2nc(C)c(C(=O)OC)s2)n1. The molecule has 8 heteroatoms. The number of carbonyl (C=O) groups excluding carboxylic acids is 1. The summed E-state index contributed by atoms with van der Waals surface area (Å²) in [5.74, 6) is -0.360. The van der Waals surface area contributed by atoms with E-state index in [1.165, 1.54) is 18.4 Å². The first-order chi connectivity index (χ1) is 9.55. The number of thiazole rings is 1. The molecule has 0 aliphatic heterocycles. The van der Waals surface area contributed by atoms with Crippen molar-refractivity contribution in [3.63, 3.8) is 0 Å². The molecular weight excluding hydrogens is 278 g/mol. The average Bonchev–Trinajstić information content (AvgIpc) is 2.98. The van der Waals surface area contributed by atoms with Crippen molar-refractivity contribution in [1.82, 2.24) is 20.0 Å². The molecule has 20 heavy (non-hydrogen) atoms. The molecule has 2 aromatic rings. The summed E-state index contributed by atoms with van der Waals surface area (Å²) in [6, 6.07) is 0. The molecule has 0 spiro atoms. The fraction of sp³-hybridized carbons (Fsp3) is 0.500. The molecule has 1 N–H and O–H groups in total. The predicted molar refractivity (Wildman–Crippen MR) is 76.0 cm³/mol. The maximum atomic E-state index is 11.5. The van der Waals surface area contributed by atoms with E-state index in [4.69, 9.17) is 4.74 Å². The molecule has 0 saturated carbocycles. The Morgan fingerprint density at radius 1 is 1.35 bits per heavy atom. The first-order valence-corrected chi connectivity index (χ1v) is 7.07. The number of nitrogens with zero attached hydrogens (tertiary/aromatic N) is 4. The molecule has 7 nitrogen and oxygen atoms in total. The van der Waals surface area contributed by atoms with E-state index >= 15 is 0 Å². The van der Waals surface area contributed by atoms with Crippen LogP contribution in [0.15, 0.2) is 0 Å². The Kier molecular flexibility index (Phi) is 4.33. The van der Waals surface area contributed by atoms with Gasteiger partial charge in [-0.2, -0.15) is 15.0 Å². The van der Waals surface area contributed by atoms with Crippen molar-refractivity contribution in [3.05, 3.63) is 22.0 Å². The molecule has 2 heterocycles. The standard InChI is InChI=1S/C12H17N5O2S/c1-5-17-15-7(2)9(16-17)6-13-12-14-8(3)10(20-12)11(18)19-4/h5-6H2,1-4H3,(H,13,14). The minimum Gasteiger partial charge on any atom is -0.465 e. The fourth-order valence-electron chi connectivity index (χ4n) is 1.68. The summed E-state index contributed by atoms with van der Waals surface area (Å²) in [7, 11) is 1.36. The molecule has 0 fully saturated rings. The number of esters is 1. The second-order valence-electron chi connectivity index (χ2n) is 4.20. The highest BCUT2D eigenvalue weighted by Gasteiger charge is 2.16. The zero-order valence-electron chi connectivity index (χ0n) is 11.9. The lowest BCUT2D eigenvalue weighted by Crippen LogP contribution is -2.03. The predicted octanol–water partition coefficient (Wildman–Crippen LogP) is 1.77. The minimum absolute atomic E-state index is 0.360. The summed E-state index contributed by atoms with van der Waals surface area (Å²) in [5, 5.41) is 12.5. The Hall–Kier alpha value is -1.96. The average molecular weight is 295 g/mol. The lowest BCUT2D eigenvalue weighted by atomic mass is 10.3. The molecule has 2 aromatic heterocycles. The third-order valence-corrected chi connectivity index (χ3v) is 3.87. The van der Waals surface area contributed by atoms with Gasteiger partial charge in [0.05, 0.1) is 31.6 Å². The smallest absolute Gasteiger partial charge is 0.350 e. The summed E-state index contributed by atoms with van der Waals surface area (Å²) in [6.45, 7) is 6.96. The van der Waals surface area contributed by atoms with Gasteiger partial charge in [-0.15, -0.1) is 0 Å². The minimum atomic E-state index is -0.360. The van der Waals surface area contributed by atoms with E-state index in [1.807, 2.05) is 13.8 Å². The number of anilines is 1. The molecule has 0 saturated heterocycles. The van der Waals surface area contributed by atoms with Crippen LogP contribution < -0.4 is 5.32 Å². The molecule has 0 amide bonds. The van der Waals surface area contributed by atoms with Crippen molar-refractivity contribution >= 4 is 22.4 Å². The molecule has 0 unspecified atom stereocenters. The highest BCUT2D eigenvalue weighted by molar-refractivity contribution is 7.17. The van der Waals surface area contributed by atoms with E-state index in [0.29, 0.717) is 22.2 Å². The second kappa shape index (κ2) is 6.00. The van der Waals surface area contributed by atoms with Crippen molar-refractivity contribution in [2.24, 2.45) is 0 Å². The number of hydrogen-bond acceptors (Lipinski definition) is 7. The number of aryl methyl sites for hydroxylation is 3. The van der Waals surface area contributed by atoms with Gasteiger partial charge in [0, 0.05) is 0 Å². The van der Waals surface area contributed by atoms with Gasteiger partial charge in [-0.25, -0.2) is 9.78 Å². The molecule has 0 bridgehead atoms. The van der Waals surface area contributed by atoms with Crippen molar-refractivity contribution in [2.75, 3.05) is 12.4 Å². The van der Waals surface area contributed by atoms with E-state index in [9.17, 15) is 4.79 Å². The molecule has 0 atom stereocenters. The Bertz CT molecular complexity index is 619. The van der Waals surface area contributed by atoms with Crippen molar-refractivity contribution < 1.29 is 9.53 Å². The normalized spacial score (nSPS) is 10.6. The van der Waals surface area contributed by atoms with Gasteiger partial charge in [-0.1, -0.05) is 11.3 Å². The summed E-state index contributed by atoms with van der Waals surface area (Å²) in [4.78, 5) is 18.0. The Morgan fingerprint density at radius 3 is 2.70 bits per heavy atom. The van der Waals surface area contributed by atoms with Gasteiger partial charge in [0.25, 0.3) is 0 Å². The Labute approximate surface area is 121 Å². The number of methoxy groups -OCH3 is 1. The van der Waals surface area contributed by atoms with E-state index in [0.717, 1.165) is 17.9 Å². The Morgan fingerprint density at radius 2 is 2.10 bits per heavy atom. The van der Waals surface area contributed by atoms with Crippen LogP contribution in [0, 0.1) is 13.8 Å². The van der Waals surface area contributed by atoms with E-state index in [-0.39, 0.29) is 5.97 Å². The monoisotopic (exact) mass is 295 g/mol. The summed E-state index contributed by atoms with van der Waals surface area (Å²) >= 11 is 1.28. The zero-order chi connectivity index (χ0) is 14.7. The second-order valence-corrected chi connectivity index (χ2v) is 5.20. The van der Waals surface area contributed by atoms with Gasteiger partial charge in [-0.3, -0.25) is 0 Å². The van der Waals surface area contributed by atoms with Gasteiger partial charge in [-0.05, 0) is 20.8 Å². The van der Waals surface area contributed by atoms with Gasteiger partial charge in [0.2, 0.25) is 0 Å². The highest BCUT2D eigenvalue weighted by atomic mass is 32.1. The quantitative estimate of drug-likeness (QED) is 0.847. The number of carbonyl (C=O) groups is 1. The van der Waals surface area contributed by atoms with Gasteiger partial charge < -0.3 is 10.1 Å². The first-order valence-electron chi connectivity index (χ1n) is 6.25. The molecule has 108 valence electrons. The van der Waals surface area contributed by atoms with Gasteiger partial charge in [0.15, 0.2) is 5.13 Å². The molecular formula is C12H17N5O2S.